The van der Waals surface area contributed by atoms with Crippen molar-refractivity contribution in [2.75, 3.05) is 30.4 Å². The lowest BCUT2D eigenvalue weighted by Crippen LogP contribution is -2.19. The molecule has 1 aromatic carbocycles. The Kier molecular flexibility index (Phi) is 3.84. The predicted octanol–water partition coefficient (Wildman–Crippen LogP) is 1.77. The van der Waals surface area contributed by atoms with Gasteiger partial charge in [0.15, 0.2) is 0 Å². The first kappa shape index (κ1) is 13.1. The van der Waals surface area contributed by atoms with Gasteiger partial charge in [0.05, 0.1) is 17.7 Å². The van der Waals surface area contributed by atoms with E-state index in [1.54, 1.807) is 6.07 Å². The number of nitro groups is 1. The van der Waals surface area contributed by atoms with Crippen molar-refractivity contribution in [3.63, 3.8) is 0 Å². The zero-order valence-corrected chi connectivity index (χ0v) is 10.6. The van der Waals surface area contributed by atoms with Gasteiger partial charge in [-0.1, -0.05) is 0 Å². The van der Waals surface area contributed by atoms with E-state index < -0.39 is 4.92 Å². The highest BCUT2D eigenvalue weighted by Crippen LogP contribution is 2.39. The fourth-order valence-corrected chi connectivity index (χ4v) is 2.26. The number of ether oxygens (including phenoxy) is 1. The van der Waals surface area contributed by atoms with Gasteiger partial charge >= 0.3 is 0 Å². The average Bonchev–Trinajstić information content (AvgIpc) is 2.92. The minimum absolute atomic E-state index is 0.0212. The van der Waals surface area contributed by atoms with Gasteiger partial charge < -0.3 is 15.0 Å². The summed E-state index contributed by atoms with van der Waals surface area (Å²) in [4.78, 5) is 23.2. The van der Waals surface area contributed by atoms with Crippen molar-refractivity contribution in [3.05, 3.63) is 22.2 Å². The van der Waals surface area contributed by atoms with Gasteiger partial charge in [-0.2, -0.15) is 0 Å². The van der Waals surface area contributed by atoms with Gasteiger partial charge in [-0.3, -0.25) is 14.9 Å². The van der Waals surface area contributed by atoms with Crippen LogP contribution in [0.1, 0.15) is 12.8 Å². The van der Waals surface area contributed by atoms with E-state index >= 15 is 0 Å². The lowest BCUT2D eigenvalue weighted by atomic mass is 10.2. The molecule has 0 aliphatic carbocycles. The average molecular weight is 265 g/mol. The fraction of sp³-hybridized carbons (Fsp3) is 0.417. The molecule has 0 radical (unpaired) electrons. The summed E-state index contributed by atoms with van der Waals surface area (Å²) < 4.78 is 5.16. The third-order valence-corrected chi connectivity index (χ3v) is 3.15. The summed E-state index contributed by atoms with van der Waals surface area (Å²) in [6.07, 6.45) is 2.51. The third-order valence-electron chi connectivity index (χ3n) is 3.15. The van der Waals surface area contributed by atoms with Crippen LogP contribution in [0.5, 0.6) is 5.75 Å². The van der Waals surface area contributed by atoms with Crippen molar-refractivity contribution >= 4 is 23.5 Å². The molecule has 0 atom stereocenters. The highest BCUT2D eigenvalue weighted by atomic mass is 16.6. The van der Waals surface area contributed by atoms with Crippen molar-refractivity contribution in [1.29, 1.82) is 0 Å². The topological polar surface area (TPSA) is 84.7 Å². The van der Waals surface area contributed by atoms with Gasteiger partial charge in [0, 0.05) is 25.2 Å². The molecule has 19 heavy (non-hydrogen) atoms. The maximum Gasteiger partial charge on any atom is 0.294 e. The Bertz CT molecular complexity index is 498. The van der Waals surface area contributed by atoms with E-state index in [9.17, 15) is 14.9 Å². The summed E-state index contributed by atoms with van der Waals surface area (Å²) >= 11 is 0. The van der Waals surface area contributed by atoms with Gasteiger partial charge in [0.2, 0.25) is 6.41 Å². The molecule has 0 unspecified atom stereocenters. The zero-order chi connectivity index (χ0) is 13.8. The molecule has 0 saturated carbocycles. The molecule has 0 spiro atoms. The highest BCUT2D eigenvalue weighted by Gasteiger charge is 2.25. The summed E-state index contributed by atoms with van der Waals surface area (Å²) in [5, 5.41) is 13.6. The number of methoxy groups -OCH3 is 1. The van der Waals surface area contributed by atoms with Gasteiger partial charge in [-0.05, 0) is 12.8 Å². The summed E-state index contributed by atoms with van der Waals surface area (Å²) in [6, 6.07) is 2.94. The molecule has 102 valence electrons. The van der Waals surface area contributed by atoms with E-state index in [0.29, 0.717) is 23.5 Å². The monoisotopic (exact) mass is 265 g/mol. The molecule has 1 aliphatic rings. The molecular weight excluding hydrogens is 250 g/mol. The summed E-state index contributed by atoms with van der Waals surface area (Å²) in [5.41, 5.74) is 0.815. The Morgan fingerprint density at radius 1 is 1.42 bits per heavy atom. The van der Waals surface area contributed by atoms with Crippen LogP contribution >= 0.6 is 0 Å². The number of nitrogens with one attached hydrogen (secondary N) is 1. The second-order valence-electron chi connectivity index (χ2n) is 4.25. The Hall–Kier alpha value is -2.31. The summed E-state index contributed by atoms with van der Waals surface area (Å²) in [7, 11) is 1.46. The number of nitrogens with zero attached hydrogens (tertiary/aromatic N) is 2. The largest absolute Gasteiger partial charge is 0.494 e. The smallest absolute Gasteiger partial charge is 0.294 e. The van der Waals surface area contributed by atoms with Crippen LogP contribution in [-0.2, 0) is 4.79 Å². The standard InChI is InChI=1S/C12H15N3O4/c1-19-12-7-10(14-4-2-3-5-14)11(15(17)18)6-9(12)13-8-16/h6-8H,2-5H2,1H3,(H,13,16). The molecule has 2 rings (SSSR count). The maximum atomic E-state index is 11.2. The molecule has 1 aliphatic heterocycles. The van der Waals surface area contributed by atoms with Crippen LogP contribution in [0.4, 0.5) is 17.1 Å². The normalized spacial score (nSPS) is 14.3. The van der Waals surface area contributed by atoms with Gasteiger partial charge in [0.1, 0.15) is 11.4 Å². The zero-order valence-electron chi connectivity index (χ0n) is 10.6. The Morgan fingerprint density at radius 3 is 2.63 bits per heavy atom. The second kappa shape index (κ2) is 5.55. The molecule has 1 saturated heterocycles. The molecule has 1 N–H and O–H groups in total. The number of benzene rings is 1. The van der Waals surface area contributed by atoms with Gasteiger partial charge in [0.25, 0.3) is 5.69 Å². The fourth-order valence-electron chi connectivity index (χ4n) is 2.26. The minimum atomic E-state index is -0.441. The molecular formula is C12H15N3O4. The first-order valence-electron chi connectivity index (χ1n) is 5.99. The van der Waals surface area contributed by atoms with Crippen LogP contribution < -0.4 is 15.0 Å². The van der Waals surface area contributed by atoms with E-state index in [2.05, 4.69) is 5.32 Å². The van der Waals surface area contributed by atoms with Crippen molar-refractivity contribution in [2.24, 2.45) is 0 Å². The van der Waals surface area contributed by atoms with Crippen LogP contribution in [0.25, 0.3) is 0 Å². The Balaban J connectivity index is 2.50. The molecule has 1 heterocycles. The van der Waals surface area contributed by atoms with Crippen molar-refractivity contribution < 1.29 is 14.5 Å². The summed E-state index contributed by atoms with van der Waals surface area (Å²) in [6.45, 7) is 1.59. The molecule has 0 aromatic heterocycles. The third kappa shape index (κ3) is 2.59. The van der Waals surface area contributed by atoms with Crippen molar-refractivity contribution in [3.8, 4) is 5.75 Å². The van der Waals surface area contributed by atoms with E-state index in [1.165, 1.54) is 13.2 Å². The number of carbonyl (C=O) groups is 1. The van der Waals surface area contributed by atoms with E-state index in [1.807, 2.05) is 4.90 Å². The predicted molar refractivity (Wildman–Crippen MR) is 70.8 cm³/mol. The van der Waals surface area contributed by atoms with Crippen LogP contribution in [0, 0.1) is 10.1 Å². The second-order valence-corrected chi connectivity index (χ2v) is 4.25. The van der Waals surface area contributed by atoms with Crippen LogP contribution in [0.2, 0.25) is 0 Å². The number of hydrogen-bond acceptors (Lipinski definition) is 5. The quantitative estimate of drug-likeness (QED) is 0.498. The Morgan fingerprint density at radius 2 is 2.11 bits per heavy atom. The first-order chi connectivity index (χ1) is 9.17. The molecule has 0 bridgehead atoms. The molecule has 1 fully saturated rings. The van der Waals surface area contributed by atoms with E-state index in [4.69, 9.17) is 4.74 Å². The molecule has 1 amide bonds. The SMILES string of the molecule is COc1cc(N2CCCC2)c([N+](=O)[O-])cc1NC=O. The number of nitro benzene ring substituents is 1. The minimum Gasteiger partial charge on any atom is -0.494 e. The number of anilines is 2. The van der Waals surface area contributed by atoms with E-state index in [0.717, 1.165) is 25.9 Å². The van der Waals surface area contributed by atoms with Crippen LogP contribution in [0.3, 0.4) is 0 Å². The molecule has 7 nitrogen and oxygen atoms in total. The summed E-state index contributed by atoms with van der Waals surface area (Å²) in [5.74, 6) is 0.416. The molecule has 7 heteroatoms. The maximum absolute atomic E-state index is 11.2. The van der Waals surface area contributed by atoms with Gasteiger partial charge in [-0.25, -0.2) is 0 Å². The van der Waals surface area contributed by atoms with Crippen molar-refractivity contribution in [1.82, 2.24) is 0 Å². The number of amides is 1. The number of hydrogen-bond donors (Lipinski definition) is 1. The highest BCUT2D eigenvalue weighted by molar-refractivity contribution is 5.82. The molecule has 1 aromatic rings. The van der Waals surface area contributed by atoms with Crippen LogP contribution in [0.15, 0.2) is 12.1 Å². The van der Waals surface area contributed by atoms with Crippen LogP contribution in [-0.4, -0.2) is 31.5 Å². The van der Waals surface area contributed by atoms with Gasteiger partial charge in [-0.15, -0.1) is 0 Å². The number of carbonyl (C=O) groups excluding carboxylic acids is 1. The lowest BCUT2D eigenvalue weighted by molar-refractivity contribution is -0.384. The Labute approximate surface area is 110 Å². The lowest BCUT2D eigenvalue weighted by Gasteiger charge is -2.19. The van der Waals surface area contributed by atoms with E-state index in [-0.39, 0.29) is 5.69 Å². The van der Waals surface area contributed by atoms with Crippen molar-refractivity contribution in [2.45, 2.75) is 12.8 Å². The number of rotatable bonds is 5. The first-order valence-corrected chi connectivity index (χ1v) is 5.99.